The van der Waals surface area contributed by atoms with Crippen LogP contribution in [0.1, 0.15) is 18.0 Å². The van der Waals surface area contributed by atoms with Gasteiger partial charge in [0.2, 0.25) is 0 Å². The number of hydrogen-bond donors (Lipinski definition) is 1. The lowest BCUT2D eigenvalue weighted by Gasteiger charge is -2.21. The highest BCUT2D eigenvalue weighted by Crippen LogP contribution is 2.20. The number of halogens is 3. The molecule has 5 heteroatoms. The first-order chi connectivity index (χ1) is 8.52. The molecule has 0 bridgehead atoms. The van der Waals surface area contributed by atoms with Gasteiger partial charge in [0.1, 0.15) is 0 Å². The van der Waals surface area contributed by atoms with Gasteiger partial charge in [-0.15, -0.1) is 0 Å². The van der Waals surface area contributed by atoms with Crippen molar-refractivity contribution in [1.29, 1.82) is 0 Å². The average Bonchev–Trinajstić information content (AvgIpc) is 2.29. The number of hydrogen-bond acceptors (Lipinski definition) is 2. The van der Waals surface area contributed by atoms with Crippen molar-refractivity contribution in [3.63, 3.8) is 0 Å². The van der Waals surface area contributed by atoms with Gasteiger partial charge in [-0.3, -0.25) is 0 Å². The Bertz CT molecular complexity index is 361. The van der Waals surface area contributed by atoms with Crippen LogP contribution >= 0.6 is 15.9 Å². The smallest absolute Gasteiger partial charge is 0.251 e. The first-order valence-electron chi connectivity index (χ1n) is 5.92. The average molecular weight is 321 g/mol. The maximum Gasteiger partial charge on any atom is 0.251 e. The summed E-state index contributed by atoms with van der Waals surface area (Å²) in [5, 5.41) is 3.22. The maximum absolute atomic E-state index is 12.2. The highest BCUT2D eigenvalue weighted by atomic mass is 79.9. The Kier molecular flexibility index (Phi) is 6.75. The molecule has 0 aliphatic carbocycles. The molecule has 2 nitrogen and oxygen atoms in total. The predicted molar refractivity (Wildman–Crippen MR) is 74.1 cm³/mol. The van der Waals surface area contributed by atoms with E-state index in [9.17, 15) is 8.78 Å². The molecule has 1 aromatic rings. The second-order valence-corrected chi connectivity index (χ2v) is 5.25. The summed E-state index contributed by atoms with van der Waals surface area (Å²) in [7, 11) is 3.61. The van der Waals surface area contributed by atoms with Gasteiger partial charge in [-0.2, -0.15) is 0 Å². The number of rotatable bonds is 7. The molecular weight excluding hydrogens is 302 g/mol. The molecule has 1 rings (SSSR count). The highest BCUT2D eigenvalue weighted by molar-refractivity contribution is 9.10. The van der Waals surface area contributed by atoms with E-state index in [-0.39, 0.29) is 12.6 Å². The Morgan fingerprint density at radius 2 is 2.11 bits per heavy atom. The van der Waals surface area contributed by atoms with Crippen molar-refractivity contribution in [2.24, 2.45) is 0 Å². The molecule has 0 spiro atoms. The summed E-state index contributed by atoms with van der Waals surface area (Å²) >= 11 is 3.44. The number of alkyl halides is 2. The van der Waals surface area contributed by atoms with Crippen LogP contribution in [0.15, 0.2) is 28.7 Å². The van der Waals surface area contributed by atoms with Gasteiger partial charge in [0.25, 0.3) is 6.43 Å². The predicted octanol–water partition coefficient (Wildman–Crippen LogP) is 3.30. The third-order valence-electron chi connectivity index (χ3n) is 2.85. The van der Waals surface area contributed by atoms with Crippen LogP contribution in [0.2, 0.25) is 0 Å². The van der Waals surface area contributed by atoms with Gasteiger partial charge in [-0.25, -0.2) is 8.78 Å². The fraction of sp³-hybridized carbons (Fsp3) is 0.538. The van der Waals surface area contributed by atoms with Crippen molar-refractivity contribution < 1.29 is 8.78 Å². The molecule has 18 heavy (non-hydrogen) atoms. The SMILES string of the molecule is CNC(CCN(C)CC(F)F)c1cccc(Br)c1. The Morgan fingerprint density at radius 1 is 1.39 bits per heavy atom. The van der Waals surface area contributed by atoms with Crippen molar-refractivity contribution in [2.45, 2.75) is 18.9 Å². The van der Waals surface area contributed by atoms with Crippen LogP contribution in [0.25, 0.3) is 0 Å². The zero-order valence-corrected chi connectivity index (χ0v) is 12.3. The summed E-state index contributed by atoms with van der Waals surface area (Å²) in [6.45, 7) is 0.470. The van der Waals surface area contributed by atoms with E-state index in [4.69, 9.17) is 0 Å². The summed E-state index contributed by atoms with van der Waals surface area (Å²) < 4.78 is 25.4. The van der Waals surface area contributed by atoms with Crippen molar-refractivity contribution in [2.75, 3.05) is 27.2 Å². The van der Waals surface area contributed by atoms with Gasteiger partial charge in [0, 0.05) is 10.5 Å². The van der Waals surface area contributed by atoms with Crippen molar-refractivity contribution in [3.05, 3.63) is 34.3 Å². The van der Waals surface area contributed by atoms with E-state index >= 15 is 0 Å². The van der Waals surface area contributed by atoms with E-state index in [0.29, 0.717) is 6.54 Å². The molecule has 1 atom stereocenters. The quantitative estimate of drug-likeness (QED) is 0.829. The normalized spacial score (nSPS) is 13.3. The molecule has 0 amide bonds. The fourth-order valence-electron chi connectivity index (χ4n) is 1.88. The van der Waals surface area contributed by atoms with Crippen LogP contribution < -0.4 is 5.32 Å². The zero-order valence-electron chi connectivity index (χ0n) is 10.7. The Hall–Kier alpha value is -0.520. The van der Waals surface area contributed by atoms with E-state index in [1.807, 2.05) is 31.3 Å². The van der Waals surface area contributed by atoms with Crippen LogP contribution in [0, 0.1) is 0 Å². The van der Waals surface area contributed by atoms with Crippen molar-refractivity contribution in [1.82, 2.24) is 10.2 Å². The fourth-order valence-corrected chi connectivity index (χ4v) is 2.29. The zero-order chi connectivity index (χ0) is 13.5. The van der Waals surface area contributed by atoms with E-state index < -0.39 is 6.43 Å². The second kappa shape index (κ2) is 7.81. The molecule has 0 aromatic heterocycles. The summed E-state index contributed by atoms with van der Waals surface area (Å²) in [6, 6.07) is 8.22. The minimum absolute atomic E-state index is 0.172. The van der Waals surface area contributed by atoms with Crippen LogP contribution in [0.3, 0.4) is 0 Å². The molecular formula is C13H19BrF2N2. The van der Waals surface area contributed by atoms with Crippen molar-refractivity contribution in [3.8, 4) is 0 Å². The summed E-state index contributed by atoms with van der Waals surface area (Å²) in [5.41, 5.74) is 1.16. The summed E-state index contributed by atoms with van der Waals surface area (Å²) in [5.74, 6) is 0. The van der Waals surface area contributed by atoms with Crippen LogP contribution in [0.5, 0.6) is 0 Å². The first-order valence-corrected chi connectivity index (χ1v) is 6.71. The molecule has 102 valence electrons. The summed E-state index contributed by atoms with van der Waals surface area (Å²) in [4.78, 5) is 1.66. The van der Waals surface area contributed by atoms with Gasteiger partial charge in [-0.1, -0.05) is 28.1 Å². The van der Waals surface area contributed by atoms with Crippen molar-refractivity contribution >= 4 is 15.9 Å². The van der Waals surface area contributed by atoms with Gasteiger partial charge in [0.05, 0.1) is 6.54 Å². The summed E-state index contributed by atoms with van der Waals surface area (Å²) in [6.07, 6.45) is -1.47. The Balaban J connectivity index is 2.52. The monoisotopic (exact) mass is 320 g/mol. The molecule has 1 aromatic carbocycles. The molecule has 0 heterocycles. The Morgan fingerprint density at radius 3 is 2.67 bits per heavy atom. The van der Waals surface area contributed by atoms with Gasteiger partial charge >= 0.3 is 0 Å². The first kappa shape index (κ1) is 15.5. The number of nitrogens with zero attached hydrogens (tertiary/aromatic N) is 1. The number of benzene rings is 1. The lowest BCUT2D eigenvalue weighted by molar-refractivity contribution is 0.0986. The number of nitrogens with one attached hydrogen (secondary N) is 1. The van der Waals surface area contributed by atoms with Crippen LogP contribution in [-0.2, 0) is 0 Å². The standard InChI is InChI=1S/C13H19BrF2N2/c1-17-12(6-7-18(2)9-13(15)16)10-4-3-5-11(14)8-10/h3-5,8,12-13,17H,6-7,9H2,1-2H3. The molecule has 0 aliphatic heterocycles. The molecule has 1 unspecified atom stereocenters. The third-order valence-corrected chi connectivity index (χ3v) is 3.34. The van der Waals surface area contributed by atoms with Gasteiger partial charge < -0.3 is 10.2 Å². The van der Waals surface area contributed by atoms with E-state index in [1.165, 1.54) is 0 Å². The molecule has 0 saturated heterocycles. The molecule has 1 N–H and O–H groups in total. The van der Waals surface area contributed by atoms with Crippen LogP contribution in [-0.4, -0.2) is 38.5 Å². The lowest BCUT2D eigenvalue weighted by atomic mass is 10.0. The largest absolute Gasteiger partial charge is 0.313 e. The van der Waals surface area contributed by atoms with Gasteiger partial charge in [-0.05, 0) is 44.8 Å². The highest BCUT2D eigenvalue weighted by Gasteiger charge is 2.12. The van der Waals surface area contributed by atoms with E-state index in [0.717, 1.165) is 16.5 Å². The lowest BCUT2D eigenvalue weighted by Crippen LogP contribution is -2.29. The molecule has 0 fully saturated rings. The van der Waals surface area contributed by atoms with E-state index in [2.05, 4.69) is 21.2 Å². The molecule has 0 saturated carbocycles. The van der Waals surface area contributed by atoms with Crippen LogP contribution in [0.4, 0.5) is 8.78 Å². The molecule has 0 aliphatic rings. The second-order valence-electron chi connectivity index (χ2n) is 4.34. The van der Waals surface area contributed by atoms with E-state index in [1.54, 1.807) is 11.9 Å². The minimum atomic E-state index is -2.27. The third kappa shape index (κ3) is 5.42. The maximum atomic E-state index is 12.2. The van der Waals surface area contributed by atoms with Gasteiger partial charge in [0.15, 0.2) is 0 Å². The topological polar surface area (TPSA) is 15.3 Å². The Labute approximate surface area is 115 Å². The minimum Gasteiger partial charge on any atom is -0.313 e. The molecule has 0 radical (unpaired) electrons.